The molecule has 1 amide bonds. The van der Waals surface area contributed by atoms with E-state index in [4.69, 9.17) is 0 Å². The summed E-state index contributed by atoms with van der Waals surface area (Å²) in [6, 6.07) is 0.523. The lowest BCUT2D eigenvalue weighted by Gasteiger charge is -2.35. The average molecular weight is 248 g/mol. The molecule has 16 heavy (non-hydrogen) atoms. The molecule has 0 aliphatic carbocycles. The van der Waals surface area contributed by atoms with Gasteiger partial charge in [-0.2, -0.15) is 0 Å². The van der Waals surface area contributed by atoms with Crippen molar-refractivity contribution in [1.82, 2.24) is 15.5 Å². The number of hydrogen-bond donors (Lipinski definition) is 2. The van der Waals surface area contributed by atoms with Crippen LogP contribution in [0.1, 0.15) is 26.2 Å². The Balaban J connectivity index is 0.00000128. The molecule has 2 fully saturated rings. The molecule has 0 aromatic carbocycles. The molecule has 2 aliphatic heterocycles. The van der Waals surface area contributed by atoms with Crippen LogP contribution in [0, 0.1) is 0 Å². The maximum Gasteiger partial charge on any atom is 0.239 e. The van der Waals surface area contributed by atoms with Gasteiger partial charge in [0.15, 0.2) is 0 Å². The van der Waals surface area contributed by atoms with Crippen molar-refractivity contribution in [3.8, 4) is 0 Å². The highest BCUT2D eigenvalue weighted by Crippen LogP contribution is 2.11. The number of carbonyl (C=O) groups is 1. The van der Waals surface area contributed by atoms with Gasteiger partial charge < -0.3 is 15.5 Å². The summed E-state index contributed by atoms with van der Waals surface area (Å²) in [7, 11) is 0. The molecular formula is C11H22ClN3O. The first-order valence-electron chi connectivity index (χ1n) is 6.03. The number of hydrogen-bond acceptors (Lipinski definition) is 3. The predicted molar refractivity (Wildman–Crippen MR) is 66.9 cm³/mol. The van der Waals surface area contributed by atoms with E-state index < -0.39 is 0 Å². The Kier molecular flexibility index (Phi) is 5.52. The summed E-state index contributed by atoms with van der Waals surface area (Å²) in [4.78, 5) is 14.1. The van der Waals surface area contributed by atoms with E-state index in [1.54, 1.807) is 0 Å². The van der Waals surface area contributed by atoms with Crippen LogP contribution in [0.5, 0.6) is 0 Å². The first kappa shape index (κ1) is 13.7. The fourth-order valence-electron chi connectivity index (χ4n) is 2.42. The van der Waals surface area contributed by atoms with Gasteiger partial charge in [0.25, 0.3) is 0 Å². The van der Waals surface area contributed by atoms with Gasteiger partial charge >= 0.3 is 0 Å². The Morgan fingerprint density at radius 2 is 2.06 bits per heavy atom. The molecule has 0 bridgehead atoms. The van der Waals surface area contributed by atoms with E-state index >= 15 is 0 Å². The monoisotopic (exact) mass is 247 g/mol. The van der Waals surface area contributed by atoms with Gasteiger partial charge in [-0.1, -0.05) is 6.42 Å². The van der Waals surface area contributed by atoms with Crippen LogP contribution in [0.3, 0.4) is 0 Å². The van der Waals surface area contributed by atoms with Crippen molar-refractivity contribution >= 4 is 18.3 Å². The number of nitrogens with one attached hydrogen (secondary N) is 2. The topological polar surface area (TPSA) is 44.4 Å². The highest BCUT2D eigenvalue weighted by Gasteiger charge is 2.27. The number of carbonyl (C=O) groups excluding carboxylic acids is 1. The smallest absolute Gasteiger partial charge is 0.239 e. The Labute approximate surface area is 104 Å². The van der Waals surface area contributed by atoms with Gasteiger partial charge in [-0.3, -0.25) is 4.79 Å². The van der Waals surface area contributed by atoms with Gasteiger partial charge in [-0.25, -0.2) is 0 Å². The summed E-state index contributed by atoms with van der Waals surface area (Å²) < 4.78 is 0. The van der Waals surface area contributed by atoms with Crippen LogP contribution in [-0.2, 0) is 4.79 Å². The van der Waals surface area contributed by atoms with Gasteiger partial charge in [0.2, 0.25) is 5.91 Å². The van der Waals surface area contributed by atoms with E-state index in [0.29, 0.717) is 11.9 Å². The molecule has 0 aromatic rings. The van der Waals surface area contributed by atoms with Crippen LogP contribution in [0.15, 0.2) is 0 Å². The maximum absolute atomic E-state index is 12.1. The second-order valence-corrected chi connectivity index (χ2v) is 4.64. The minimum atomic E-state index is 0. The van der Waals surface area contributed by atoms with Crippen LogP contribution in [0.2, 0.25) is 0 Å². The summed E-state index contributed by atoms with van der Waals surface area (Å²) in [5, 5.41) is 6.67. The fourth-order valence-corrected chi connectivity index (χ4v) is 2.42. The predicted octanol–water partition coefficient (Wildman–Crippen LogP) is 0.371. The Morgan fingerprint density at radius 1 is 1.25 bits per heavy atom. The Hall–Kier alpha value is -0.320. The molecular weight excluding hydrogens is 226 g/mol. The quantitative estimate of drug-likeness (QED) is 0.704. The van der Waals surface area contributed by atoms with Crippen molar-refractivity contribution in [2.75, 3.05) is 26.2 Å². The zero-order valence-corrected chi connectivity index (χ0v) is 10.7. The van der Waals surface area contributed by atoms with Gasteiger partial charge in [-0.05, 0) is 26.3 Å². The molecule has 5 heteroatoms. The van der Waals surface area contributed by atoms with Crippen LogP contribution in [0.25, 0.3) is 0 Å². The molecule has 0 aromatic heterocycles. The number of piperidine rings is 1. The SMILES string of the molecule is CC1CN(C(=O)[C@@H]2CCCCN2)CCN1.Cl. The van der Waals surface area contributed by atoms with Gasteiger partial charge in [-0.15, -0.1) is 12.4 Å². The number of rotatable bonds is 1. The third kappa shape index (κ3) is 3.34. The molecule has 0 spiro atoms. The zero-order chi connectivity index (χ0) is 10.7. The van der Waals surface area contributed by atoms with Crippen LogP contribution >= 0.6 is 12.4 Å². The van der Waals surface area contributed by atoms with Gasteiger partial charge in [0.05, 0.1) is 6.04 Å². The Morgan fingerprint density at radius 3 is 2.69 bits per heavy atom. The highest BCUT2D eigenvalue weighted by molar-refractivity contribution is 5.85. The van der Waals surface area contributed by atoms with E-state index in [1.165, 1.54) is 12.8 Å². The van der Waals surface area contributed by atoms with Gasteiger partial charge in [0.1, 0.15) is 0 Å². The summed E-state index contributed by atoms with van der Waals surface area (Å²) in [5.74, 6) is 0.308. The third-order valence-corrected chi connectivity index (χ3v) is 3.29. The lowest BCUT2D eigenvalue weighted by molar-refractivity contribution is -0.135. The third-order valence-electron chi connectivity index (χ3n) is 3.29. The first-order chi connectivity index (χ1) is 7.27. The van der Waals surface area contributed by atoms with Crippen molar-refractivity contribution in [3.63, 3.8) is 0 Å². The van der Waals surface area contributed by atoms with Crippen molar-refractivity contribution in [1.29, 1.82) is 0 Å². The summed E-state index contributed by atoms with van der Waals surface area (Å²) in [6.45, 7) is 5.78. The van der Waals surface area contributed by atoms with Crippen LogP contribution in [0.4, 0.5) is 0 Å². The first-order valence-corrected chi connectivity index (χ1v) is 6.03. The van der Waals surface area contributed by atoms with E-state index in [-0.39, 0.29) is 18.4 Å². The zero-order valence-electron chi connectivity index (χ0n) is 9.87. The minimum absolute atomic E-state index is 0. The van der Waals surface area contributed by atoms with Crippen molar-refractivity contribution in [3.05, 3.63) is 0 Å². The molecule has 1 unspecified atom stereocenters. The summed E-state index contributed by atoms with van der Waals surface area (Å²) in [5.41, 5.74) is 0. The van der Waals surface area contributed by atoms with E-state index in [9.17, 15) is 4.79 Å². The molecule has 0 saturated carbocycles. The molecule has 2 saturated heterocycles. The van der Waals surface area contributed by atoms with E-state index in [0.717, 1.165) is 32.6 Å². The van der Waals surface area contributed by atoms with Crippen molar-refractivity contribution in [2.45, 2.75) is 38.3 Å². The molecule has 2 heterocycles. The summed E-state index contributed by atoms with van der Waals surface area (Å²) >= 11 is 0. The number of nitrogens with zero attached hydrogens (tertiary/aromatic N) is 1. The standard InChI is InChI=1S/C11H21N3O.ClH/c1-9-8-14(7-6-12-9)11(15)10-4-2-3-5-13-10;/h9-10,12-13H,2-8H2,1H3;1H/t9?,10-;/m0./s1. The van der Waals surface area contributed by atoms with Crippen LogP contribution < -0.4 is 10.6 Å². The largest absolute Gasteiger partial charge is 0.339 e. The lowest BCUT2D eigenvalue weighted by Crippen LogP contribution is -2.56. The number of halogens is 1. The van der Waals surface area contributed by atoms with Crippen LogP contribution in [-0.4, -0.2) is 49.1 Å². The molecule has 2 atom stereocenters. The molecule has 2 N–H and O–H groups in total. The van der Waals surface area contributed by atoms with Crippen molar-refractivity contribution in [2.24, 2.45) is 0 Å². The normalized spacial score (nSPS) is 30.7. The number of piperazine rings is 1. The second-order valence-electron chi connectivity index (χ2n) is 4.64. The minimum Gasteiger partial charge on any atom is -0.339 e. The van der Waals surface area contributed by atoms with Crippen molar-refractivity contribution < 1.29 is 4.79 Å². The molecule has 4 nitrogen and oxygen atoms in total. The van der Waals surface area contributed by atoms with E-state index in [2.05, 4.69) is 17.6 Å². The molecule has 2 aliphatic rings. The summed E-state index contributed by atoms with van der Waals surface area (Å²) in [6.07, 6.45) is 3.41. The van der Waals surface area contributed by atoms with Gasteiger partial charge in [0, 0.05) is 25.7 Å². The van der Waals surface area contributed by atoms with E-state index in [1.807, 2.05) is 4.90 Å². The fraction of sp³-hybridized carbons (Fsp3) is 0.909. The molecule has 0 radical (unpaired) electrons. The molecule has 94 valence electrons. The second kappa shape index (κ2) is 6.42. The lowest BCUT2D eigenvalue weighted by atomic mass is 10.0. The maximum atomic E-state index is 12.1. The average Bonchev–Trinajstić information content (AvgIpc) is 2.29. The molecule has 2 rings (SSSR count). The highest BCUT2D eigenvalue weighted by atomic mass is 35.5. The Bertz CT molecular complexity index is 231. The number of amides is 1.